The lowest BCUT2D eigenvalue weighted by atomic mass is 9.99. The lowest BCUT2D eigenvalue weighted by Crippen LogP contribution is -2.54. The maximum absolute atomic E-state index is 13.3. The van der Waals surface area contributed by atoms with Crippen LogP contribution in [0.15, 0.2) is 115 Å². The molecule has 0 aromatic heterocycles. The Kier molecular flexibility index (Phi) is 9.98. The van der Waals surface area contributed by atoms with E-state index in [0.29, 0.717) is 16.7 Å². The number of ether oxygens (including phenoxy) is 1. The summed E-state index contributed by atoms with van der Waals surface area (Å²) < 4.78 is 5.31. The van der Waals surface area contributed by atoms with Gasteiger partial charge in [0, 0.05) is 24.0 Å². The minimum Gasteiger partial charge on any atom is -0.445 e. The molecule has 3 amide bonds. The highest BCUT2D eigenvalue weighted by Crippen LogP contribution is 2.13. The van der Waals surface area contributed by atoms with Crippen LogP contribution in [0.25, 0.3) is 0 Å². The maximum atomic E-state index is 13.3. The third kappa shape index (κ3) is 8.63. The molecule has 0 radical (unpaired) electrons. The normalized spacial score (nSPS) is 12.0. The number of nitrogens with two attached hydrogens (primary N) is 1. The van der Waals surface area contributed by atoms with Crippen LogP contribution in [0, 0.1) is 0 Å². The van der Waals surface area contributed by atoms with Gasteiger partial charge < -0.3 is 21.1 Å². The van der Waals surface area contributed by atoms with Crippen molar-refractivity contribution in [2.75, 3.05) is 0 Å². The number of benzene rings is 4. The van der Waals surface area contributed by atoms with Crippen LogP contribution in [0.2, 0.25) is 0 Å². The van der Waals surface area contributed by atoms with E-state index in [2.05, 4.69) is 10.6 Å². The molecule has 2 atom stereocenters. The number of hydrogen-bond donors (Lipinski definition) is 3. The summed E-state index contributed by atoms with van der Waals surface area (Å²) >= 11 is 0. The van der Waals surface area contributed by atoms with E-state index in [1.807, 2.05) is 66.7 Å². The zero-order valence-corrected chi connectivity index (χ0v) is 22.4. The third-order valence-corrected chi connectivity index (χ3v) is 6.46. The molecule has 0 saturated carbocycles. The molecule has 41 heavy (non-hydrogen) atoms. The van der Waals surface area contributed by atoms with Gasteiger partial charge >= 0.3 is 6.09 Å². The van der Waals surface area contributed by atoms with Crippen molar-refractivity contribution in [2.24, 2.45) is 5.73 Å². The molecule has 8 heteroatoms. The largest absolute Gasteiger partial charge is 0.445 e. The summed E-state index contributed by atoms with van der Waals surface area (Å²) in [5.41, 5.74) is 9.02. The Labute approximate surface area is 238 Å². The standard InChI is InChI=1S/C33H31N3O5/c34-31(38)28(20-24-16-18-27(19-17-24)30(37)26-14-8-3-9-15-26)35-32(39)29(21-23-10-4-1-5-11-23)36-33(40)41-22-25-12-6-2-7-13-25/h1-19,28-29H,20-22H2,(H2,34,38)(H,35,39)(H,36,40)/t28-,29+/m1/s1. The first-order chi connectivity index (χ1) is 19.9. The molecule has 4 aromatic rings. The van der Waals surface area contributed by atoms with Crippen LogP contribution >= 0.6 is 0 Å². The van der Waals surface area contributed by atoms with Gasteiger partial charge in [0.2, 0.25) is 11.8 Å². The second-order valence-electron chi connectivity index (χ2n) is 9.51. The van der Waals surface area contributed by atoms with E-state index in [1.165, 1.54) is 0 Å². The molecule has 0 aliphatic heterocycles. The van der Waals surface area contributed by atoms with Gasteiger partial charge in [-0.05, 0) is 16.7 Å². The van der Waals surface area contributed by atoms with E-state index in [1.54, 1.807) is 48.5 Å². The molecule has 208 valence electrons. The van der Waals surface area contributed by atoms with E-state index >= 15 is 0 Å². The minimum absolute atomic E-state index is 0.0407. The van der Waals surface area contributed by atoms with E-state index in [0.717, 1.165) is 11.1 Å². The first-order valence-electron chi connectivity index (χ1n) is 13.2. The predicted molar refractivity (Wildman–Crippen MR) is 155 cm³/mol. The van der Waals surface area contributed by atoms with Crippen LogP contribution in [0.3, 0.4) is 0 Å². The quantitative estimate of drug-likeness (QED) is 0.231. The van der Waals surface area contributed by atoms with Crippen LogP contribution in [0.5, 0.6) is 0 Å². The lowest BCUT2D eigenvalue weighted by Gasteiger charge is -2.22. The van der Waals surface area contributed by atoms with Crippen LogP contribution in [-0.2, 0) is 33.8 Å². The van der Waals surface area contributed by atoms with Crippen molar-refractivity contribution in [2.45, 2.75) is 31.5 Å². The molecule has 0 fully saturated rings. The average molecular weight is 550 g/mol. The molecule has 0 aliphatic carbocycles. The number of alkyl carbamates (subject to hydrolysis) is 1. The summed E-state index contributed by atoms with van der Waals surface area (Å²) in [6.45, 7) is 0.0407. The molecule has 0 spiro atoms. The summed E-state index contributed by atoms with van der Waals surface area (Å²) in [6, 6.07) is 32.0. The van der Waals surface area contributed by atoms with Gasteiger partial charge in [-0.25, -0.2) is 4.79 Å². The second kappa shape index (κ2) is 14.2. The third-order valence-electron chi connectivity index (χ3n) is 6.46. The fraction of sp³-hybridized carbons (Fsp3) is 0.152. The van der Waals surface area contributed by atoms with Crippen LogP contribution in [0.4, 0.5) is 4.79 Å². The molecular weight excluding hydrogens is 518 g/mol. The van der Waals surface area contributed by atoms with Gasteiger partial charge in [0.15, 0.2) is 5.78 Å². The van der Waals surface area contributed by atoms with Gasteiger partial charge in [0.1, 0.15) is 18.7 Å². The Balaban J connectivity index is 1.42. The van der Waals surface area contributed by atoms with Gasteiger partial charge in [0.25, 0.3) is 0 Å². The Morgan fingerprint density at radius 1 is 0.585 bits per heavy atom. The van der Waals surface area contributed by atoms with Crippen LogP contribution in [-0.4, -0.2) is 35.8 Å². The lowest BCUT2D eigenvalue weighted by molar-refractivity contribution is -0.128. The Bertz CT molecular complexity index is 1460. The summed E-state index contributed by atoms with van der Waals surface area (Å²) in [6.07, 6.45) is -0.481. The van der Waals surface area contributed by atoms with Crippen molar-refractivity contribution >= 4 is 23.7 Å². The van der Waals surface area contributed by atoms with Crippen molar-refractivity contribution in [1.82, 2.24) is 10.6 Å². The second-order valence-corrected chi connectivity index (χ2v) is 9.51. The van der Waals surface area contributed by atoms with E-state index in [-0.39, 0.29) is 25.2 Å². The minimum atomic E-state index is -1.04. The van der Waals surface area contributed by atoms with Crippen molar-refractivity contribution in [1.29, 1.82) is 0 Å². The number of hydrogen-bond acceptors (Lipinski definition) is 5. The fourth-order valence-electron chi connectivity index (χ4n) is 4.25. The number of primary amides is 1. The van der Waals surface area contributed by atoms with Gasteiger partial charge in [-0.3, -0.25) is 14.4 Å². The molecule has 4 aromatic carbocycles. The molecule has 0 heterocycles. The smallest absolute Gasteiger partial charge is 0.408 e. The van der Waals surface area contributed by atoms with Crippen LogP contribution in [0.1, 0.15) is 32.6 Å². The zero-order valence-electron chi connectivity index (χ0n) is 22.4. The Morgan fingerprint density at radius 2 is 1.07 bits per heavy atom. The number of nitrogens with one attached hydrogen (secondary N) is 2. The van der Waals surface area contributed by atoms with Gasteiger partial charge in [-0.15, -0.1) is 0 Å². The molecule has 4 N–H and O–H groups in total. The van der Waals surface area contributed by atoms with E-state index in [4.69, 9.17) is 10.5 Å². The number of amides is 3. The van der Waals surface area contributed by atoms with Crippen molar-refractivity contribution in [3.63, 3.8) is 0 Å². The summed E-state index contributed by atoms with van der Waals surface area (Å²) in [4.78, 5) is 50.9. The summed E-state index contributed by atoms with van der Waals surface area (Å²) in [7, 11) is 0. The average Bonchev–Trinajstić information content (AvgIpc) is 3.00. The molecule has 0 unspecified atom stereocenters. The maximum Gasteiger partial charge on any atom is 0.408 e. The van der Waals surface area contributed by atoms with Crippen molar-refractivity contribution < 1.29 is 23.9 Å². The number of rotatable bonds is 12. The van der Waals surface area contributed by atoms with E-state index < -0.39 is 30.0 Å². The fourth-order valence-corrected chi connectivity index (χ4v) is 4.25. The summed E-state index contributed by atoms with van der Waals surface area (Å²) in [5, 5.41) is 5.29. The molecule has 4 rings (SSSR count). The topological polar surface area (TPSA) is 128 Å². The van der Waals surface area contributed by atoms with Gasteiger partial charge in [0.05, 0.1) is 0 Å². The molecule has 8 nitrogen and oxygen atoms in total. The number of carbonyl (C=O) groups is 4. The summed E-state index contributed by atoms with van der Waals surface area (Å²) in [5.74, 6) is -1.43. The van der Waals surface area contributed by atoms with Gasteiger partial charge in [-0.1, -0.05) is 115 Å². The Morgan fingerprint density at radius 3 is 1.66 bits per heavy atom. The molecule has 0 bridgehead atoms. The highest BCUT2D eigenvalue weighted by molar-refractivity contribution is 6.08. The predicted octanol–water partition coefficient (Wildman–Crippen LogP) is 3.97. The molecular formula is C33H31N3O5. The SMILES string of the molecule is NC(=O)[C@@H](Cc1ccc(C(=O)c2ccccc2)cc1)NC(=O)[C@H](Cc1ccccc1)NC(=O)OCc1ccccc1. The first-order valence-corrected chi connectivity index (χ1v) is 13.2. The van der Waals surface area contributed by atoms with Crippen molar-refractivity contribution in [3.8, 4) is 0 Å². The molecule has 0 saturated heterocycles. The van der Waals surface area contributed by atoms with Crippen molar-refractivity contribution in [3.05, 3.63) is 143 Å². The zero-order chi connectivity index (χ0) is 29.0. The molecule has 0 aliphatic rings. The highest BCUT2D eigenvalue weighted by atomic mass is 16.5. The Hall–Kier alpha value is -5.24. The van der Waals surface area contributed by atoms with E-state index in [9.17, 15) is 19.2 Å². The number of carbonyl (C=O) groups excluding carboxylic acids is 4. The van der Waals surface area contributed by atoms with Crippen LogP contribution < -0.4 is 16.4 Å². The first kappa shape index (κ1) is 28.8. The number of ketones is 1. The van der Waals surface area contributed by atoms with Gasteiger partial charge in [-0.2, -0.15) is 0 Å². The monoisotopic (exact) mass is 549 g/mol. The highest BCUT2D eigenvalue weighted by Gasteiger charge is 2.27.